The van der Waals surface area contributed by atoms with Crippen molar-refractivity contribution in [3.63, 3.8) is 0 Å². The molecule has 0 amide bonds. The first-order chi connectivity index (χ1) is 8.75. The van der Waals surface area contributed by atoms with Gasteiger partial charge < -0.3 is 4.74 Å². The first kappa shape index (κ1) is 15.4. The van der Waals surface area contributed by atoms with Gasteiger partial charge in [-0.1, -0.05) is 30.3 Å². The number of ether oxygens (including phenoxy) is 1. The Labute approximate surface area is 106 Å². The highest BCUT2D eigenvalue weighted by Gasteiger charge is 2.64. The third-order valence-corrected chi connectivity index (χ3v) is 2.30. The molecular weight excluding hydrogens is 271 g/mol. The third kappa shape index (κ3) is 4.18. The molecule has 0 radical (unpaired) electrons. The second kappa shape index (κ2) is 5.99. The van der Waals surface area contributed by atoms with Crippen LogP contribution in [0.4, 0.5) is 22.0 Å². The Kier molecular flexibility index (Phi) is 4.85. The Hall–Kier alpha value is -1.66. The van der Waals surface area contributed by atoms with E-state index in [0.29, 0.717) is 6.42 Å². The fourth-order valence-electron chi connectivity index (χ4n) is 1.29. The Bertz CT molecular complexity index is 414. The predicted molar refractivity (Wildman–Crippen MR) is 56.7 cm³/mol. The molecule has 2 nitrogen and oxygen atoms in total. The summed E-state index contributed by atoms with van der Waals surface area (Å²) in [4.78, 5) is 10.6. The molecule has 1 aromatic carbocycles. The minimum atomic E-state index is -5.93. The first-order valence-corrected chi connectivity index (χ1v) is 5.41. The zero-order chi connectivity index (χ0) is 14.5. The van der Waals surface area contributed by atoms with E-state index in [4.69, 9.17) is 0 Å². The van der Waals surface area contributed by atoms with Crippen molar-refractivity contribution in [3.05, 3.63) is 35.9 Å². The number of benzene rings is 1. The van der Waals surface area contributed by atoms with Gasteiger partial charge in [-0.3, -0.25) is 0 Å². The van der Waals surface area contributed by atoms with Crippen LogP contribution in [0.2, 0.25) is 0 Å². The van der Waals surface area contributed by atoms with Gasteiger partial charge in [0.1, 0.15) is 0 Å². The van der Waals surface area contributed by atoms with Crippen molar-refractivity contribution >= 4 is 5.97 Å². The van der Waals surface area contributed by atoms with E-state index in [0.717, 1.165) is 5.56 Å². The van der Waals surface area contributed by atoms with Gasteiger partial charge in [-0.15, -0.1) is 0 Å². The molecule has 106 valence electrons. The number of hydrogen-bond acceptors (Lipinski definition) is 2. The molecule has 19 heavy (non-hydrogen) atoms. The number of carbonyl (C=O) groups excluding carboxylic acids is 1. The smallest absolute Gasteiger partial charge is 0.461 e. The van der Waals surface area contributed by atoms with Crippen LogP contribution in [-0.2, 0) is 16.0 Å². The summed E-state index contributed by atoms with van der Waals surface area (Å²) in [5.74, 6) is -8.02. The van der Waals surface area contributed by atoms with Gasteiger partial charge in [0.25, 0.3) is 0 Å². The summed E-state index contributed by atoms with van der Waals surface area (Å²) < 4.78 is 64.3. The lowest BCUT2D eigenvalue weighted by molar-refractivity contribution is -0.280. The van der Waals surface area contributed by atoms with Gasteiger partial charge in [0, 0.05) is 0 Å². The van der Waals surface area contributed by atoms with Gasteiger partial charge in [0.05, 0.1) is 6.61 Å². The Morgan fingerprint density at radius 3 is 2.16 bits per heavy atom. The van der Waals surface area contributed by atoms with Crippen LogP contribution in [-0.4, -0.2) is 24.7 Å². The molecule has 0 bridgehead atoms. The van der Waals surface area contributed by atoms with Crippen LogP contribution in [0.3, 0.4) is 0 Å². The zero-order valence-electron chi connectivity index (χ0n) is 9.71. The first-order valence-electron chi connectivity index (χ1n) is 5.41. The van der Waals surface area contributed by atoms with E-state index in [2.05, 4.69) is 4.74 Å². The van der Waals surface area contributed by atoms with E-state index < -0.39 is 24.7 Å². The van der Waals surface area contributed by atoms with Crippen LogP contribution in [0, 0.1) is 0 Å². The molecule has 0 aromatic heterocycles. The van der Waals surface area contributed by atoms with Gasteiger partial charge in [0.15, 0.2) is 0 Å². The minimum Gasteiger partial charge on any atom is -0.461 e. The predicted octanol–water partition coefficient (Wildman–Crippen LogP) is 3.36. The molecule has 0 atom stereocenters. The Balaban J connectivity index is 2.36. The minimum absolute atomic E-state index is 0.170. The summed E-state index contributed by atoms with van der Waals surface area (Å²) in [6.45, 7) is -0.487. The van der Waals surface area contributed by atoms with Gasteiger partial charge in [-0.2, -0.15) is 22.0 Å². The van der Waals surface area contributed by atoms with Gasteiger partial charge in [-0.05, 0) is 18.4 Å². The van der Waals surface area contributed by atoms with E-state index in [1.54, 1.807) is 30.3 Å². The van der Waals surface area contributed by atoms with Crippen molar-refractivity contribution in [1.29, 1.82) is 0 Å². The summed E-state index contributed by atoms with van der Waals surface area (Å²) in [5, 5.41) is 0. The molecule has 0 saturated heterocycles. The van der Waals surface area contributed by atoms with E-state index in [1.807, 2.05) is 0 Å². The van der Waals surface area contributed by atoms with Crippen LogP contribution < -0.4 is 0 Å². The lowest BCUT2D eigenvalue weighted by atomic mass is 10.1. The molecule has 1 aromatic rings. The molecule has 0 unspecified atom stereocenters. The van der Waals surface area contributed by atoms with E-state index in [9.17, 15) is 26.7 Å². The molecule has 0 aliphatic rings. The summed E-state index contributed by atoms with van der Waals surface area (Å²) in [6.07, 6.45) is -5.33. The number of halogens is 5. The summed E-state index contributed by atoms with van der Waals surface area (Å²) in [7, 11) is 0. The van der Waals surface area contributed by atoms with E-state index >= 15 is 0 Å². The molecule has 0 fully saturated rings. The van der Waals surface area contributed by atoms with Crippen molar-refractivity contribution in [3.8, 4) is 0 Å². The Morgan fingerprint density at radius 2 is 1.63 bits per heavy atom. The largest absolute Gasteiger partial charge is 0.465 e. The molecule has 0 spiro atoms. The summed E-state index contributed by atoms with van der Waals surface area (Å²) in [6, 6.07) is 8.85. The monoisotopic (exact) mass is 282 g/mol. The Morgan fingerprint density at radius 1 is 1.05 bits per heavy atom. The van der Waals surface area contributed by atoms with Crippen molar-refractivity contribution < 1.29 is 31.5 Å². The van der Waals surface area contributed by atoms with E-state index in [1.165, 1.54) is 0 Å². The quantitative estimate of drug-likeness (QED) is 0.470. The number of aryl methyl sites for hydroxylation is 1. The van der Waals surface area contributed by atoms with Gasteiger partial charge >= 0.3 is 18.1 Å². The van der Waals surface area contributed by atoms with Crippen molar-refractivity contribution in [2.24, 2.45) is 0 Å². The molecule has 0 N–H and O–H groups in total. The summed E-state index contributed by atoms with van der Waals surface area (Å²) >= 11 is 0. The number of alkyl halides is 5. The zero-order valence-corrected chi connectivity index (χ0v) is 9.71. The average Bonchev–Trinajstić information content (AvgIpc) is 2.34. The molecular formula is C12H11F5O2. The highest BCUT2D eigenvalue weighted by atomic mass is 19.4. The molecule has 1 rings (SSSR count). The fourth-order valence-corrected chi connectivity index (χ4v) is 1.29. The lowest BCUT2D eigenvalue weighted by Gasteiger charge is -2.17. The van der Waals surface area contributed by atoms with Crippen molar-refractivity contribution in [2.45, 2.75) is 24.9 Å². The summed E-state index contributed by atoms with van der Waals surface area (Å²) in [5.41, 5.74) is 0.876. The van der Waals surface area contributed by atoms with Crippen LogP contribution >= 0.6 is 0 Å². The highest BCUT2D eigenvalue weighted by molar-refractivity contribution is 5.78. The fraction of sp³-hybridized carbons (Fsp3) is 0.417. The average molecular weight is 282 g/mol. The SMILES string of the molecule is O=C(OCCCc1ccccc1)C(F)(F)C(F)(F)F. The lowest BCUT2D eigenvalue weighted by Crippen LogP contribution is -2.45. The van der Waals surface area contributed by atoms with Crippen molar-refractivity contribution in [1.82, 2.24) is 0 Å². The topological polar surface area (TPSA) is 26.3 Å². The van der Waals surface area contributed by atoms with E-state index in [-0.39, 0.29) is 6.42 Å². The van der Waals surface area contributed by atoms with Gasteiger partial charge in [0.2, 0.25) is 0 Å². The van der Waals surface area contributed by atoms with Gasteiger partial charge in [-0.25, -0.2) is 4.79 Å². The second-order valence-corrected chi connectivity index (χ2v) is 3.80. The molecule has 0 aliphatic heterocycles. The number of rotatable bonds is 5. The van der Waals surface area contributed by atoms with Crippen LogP contribution in [0.15, 0.2) is 30.3 Å². The highest BCUT2D eigenvalue weighted by Crippen LogP contribution is 2.36. The van der Waals surface area contributed by atoms with Crippen molar-refractivity contribution in [2.75, 3.05) is 6.61 Å². The third-order valence-electron chi connectivity index (χ3n) is 2.30. The van der Waals surface area contributed by atoms with Crippen LogP contribution in [0.1, 0.15) is 12.0 Å². The number of hydrogen-bond donors (Lipinski definition) is 0. The molecule has 0 aliphatic carbocycles. The standard InChI is InChI=1S/C12H11F5O2/c13-11(14,12(15,16)17)10(18)19-8-4-7-9-5-2-1-3-6-9/h1-3,5-6H,4,7-8H2. The number of esters is 1. The maximum absolute atomic E-state index is 12.5. The maximum Gasteiger partial charge on any atom is 0.465 e. The normalized spacial score (nSPS) is 12.3. The van der Waals surface area contributed by atoms with Crippen LogP contribution in [0.5, 0.6) is 0 Å². The number of carbonyl (C=O) groups is 1. The van der Waals surface area contributed by atoms with Crippen LogP contribution in [0.25, 0.3) is 0 Å². The second-order valence-electron chi connectivity index (χ2n) is 3.80. The molecule has 0 heterocycles. The molecule has 0 saturated carbocycles. The molecule has 7 heteroatoms. The maximum atomic E-state index is 12.5.